The molecule has 27 heavy (non-hydrogen) atoms. The molecule has 0 aliphatic heterocycles. The molecule has 1 aromatic carbocycles. The molecule has 0 fully saturated rings. The number of nitrogens with one attached hydrogen (secondary N) is 1. The van der Waals surface area contributed by atoms with E-state index in [2.05, 4.69) is 5.32 Å². The Balaban J connectivity index is 2.87. The fraction of sp³-hybridized carbons (Fsp3) is 0.562. The van der Waals surface area contributed by atoms with Gasteiger partial charge in [-0.05, 0) is 33.3 Å². The molecule has 11 heteroatoms. The number of benzene rings is 1. The van der Waals surface area contributed by atoms with Gasteiger partial charge in [0.2, 0.25) is 0 Å². The molecule has 2 unspecified atom stereocenters. The van der Waals surface area contributed by atoms with E-state index in [-0.39, 0.29) is 13.0 Å². The number of nitro groups is 1. The Labute approximate surface area is 153 Å². The number of nitrogens with zero attached hydrogens (tertiary/aromatic N) is 1. The minimum Gasteiger partial charge on any atom is -0.444 e. The highest BCUT2D eigenvalue weighted by atomic mass is 19.4. The summed E-state index contributed by atoms with van der Waals surface area (Å²) < 4.78 is 44.2. The zero-order chi connectivity index (χ0) is 21.0. The lowest BCUT2D eigenvalue weighted by atomic mass is 9.96. The summed E-state index contributed by atoms with van der Waals surface area (Å²) in [7, 11) is 0. The first-order valence-corrected chi connectivity index (χ1v) is 7.91. The van der Waals surface area contributed by atoms with Crippen molar-refractivity contribution in [3.05, 3.63) is 39.4 Å². The average Bonchev–Trinajstić information content (AvgIpc) is 2.50. The number of rotatable bonds is 6. The van der Waals surface area contributed by atoms with Crippen LogP contribution in [0, 0.1) is 10.1 Å². The third kappa shape index (κ3) is 7.02. The number of alkyl halides is 3. The number of carbonyl (C=O) groups is 1. The van der Waals surface area contributed by atoms with Gasteiger partial charge in [-0.3, -0.25) is 10.1 Å². The van der Waals surface area contributed by atoms with Gasteiger partial charge in [0.1, 0.15) is 11.7 Å². The number of aliphatic hydroxyl groups excluding tert-OH is 2. The minimum atomic E-state index is -4.88. The van der Waals surface area contributed by atoms with Gasteiger partial charge in [0.05, 0.1) is 16.6 Å². The molecule has 0 heterocycles. The van der Waals surface area contributed by atoms with Crippen LogP contribution in [-0.4, -0.2) is 39.5 Å². The lowest BCUT2D eigenvalue weighted by Gasteiger charge is -2.23. The molecular formula is C16H21F3N2O6. The maximum Gasteiger partial charge on any atom is 0.416 e. The summed E-state index contributed by atoms with van der Waals surface area (Å²) in [5.41, 5.74) is -3.52. The van der Waals surface area contributed by atoms with Crippen LogP contribution in [0.2, 0.25) is 0 Å². The van der Waals surface area contributed by atoms with E-state index in [0.717, 1.165) is 0 Å². The predicted molar refractivity (Wildman–Crippen MR) is 87.9 cm³/mol. The zero-order valence-electron chi connectivity index (χ0n) is 14.9. The Bertz CT molecular complexity index is 688. The molecule has 0 aliphatic rings. The van der Waals surface area contributed by atoms with Crippen molar-refractivity contribution in [1.29, 1.82) is 0 Å². The third-order valence-electron chi connectivity index (χ3n) is 3.34. The average molecular weight is 394 g/mol. The fourth-order valence-electron chi connectivity index (χ4n) is 2.17. The Morgan fingerprint density at radius 1 is 1.30 bits per heavy atom. The molecule has 0 saturated heterocycles. The molecule has 8 nitrogen and oxygen atoms in total. The van der Waals surface area contributed by atoms with E-state index in [0.29, 0.717) is 18.2 Å². The molecule has 0 aromatic heterocycles. The van der Waals surface area contributed by atoms with Gasteiger partial charge in [-0.1, -0.05) is 0 Å². The summed E-state index contributed by atoms with van der Waals surface area (Å²) in [6, 6.07) is 1.70. The van der Waals surface area contributed by atoms with Gasteiger partial charge < -0.3 is 20.3 Å². The summed E-state index contributed by atoms with van der Waals surface area (Å²) in [6.07, 6.45) is -9.72. The molecule has 0 saturated carbocycles. The minimum absolute atomic E-state index is 0.191. The van der Waals surface area contributed by atoms with Crippen LogP contribution in [0.3, 0.4) is 0 Å². The monoisotopic (exact) mass is 394 g/mol. The number of nitro benzene ring substituents is 1. The van der Waals surface area contributed by atoms with E-state index in [4.69, 9.17) is 4.74 Å². The summed E-state index contributed by atoms with van der Waals surface area (Å²) in [6.45, 7) is 4.70. The van der Waals surface area contributed by atoms with Gasteiger partial charge in [-0.15, -0.1) is 0 Å². The van der Waals surface area contributed by atoms with Crippen molar-refractivity contribution < 1.29 is 37.8 Å². The van der Waals surface area contributed by atoms with Crippen molar-refractivity contribution in [3.8, 4) is 0 Å². The van der Waals surface area contributed by atoms with E-state index in [1.54, 1.807) is 20.8 Å². The molecule has 0 aliphatic carbocycles. The summed E-state index contributed by atoms with van der Waals surface area (Å²) in [5.74, 6) is 0. The second-order valence-electron chi connectivity index (χ2n) is 6.76. The molecule has 0 bridgehead atoms. The molecule has 1 amide bonds. The lowest BCUT2D eigenvalue weighted by molar-refractivity contribution is -0.385. The van der Waals surface area contributed by atoms with Crippen LogP contribution in [0.5, 0.6) is 0 Å². The summed E-state index contributed by atoms with van der Waals surface area (Å²) >= 11 is 0. The molecule has 1 aromatic rings. The maximum atomic E-state index is 13.1. The van der Waals surface area contributed by atoms with Crippen LogP contribution in [-0.2, 0) is 10.9 Å². The topological polar surface area (TPSA) is 122 Å². The molecule has 0 spiro atoms. The van der Waals surface area contributed by atoms with Crippen molar-refractivity contribution in [2.24, 2.45) is 0 Å². The highest BCUT2D eigenvalue weighted by Crippen LogP contribution is 2.37. The smallest absolute Gasteiger partial charge is 0.416 e. The van der Waals surface area contributed by atoms with Gasteiger partial charge in [0.25, 0.3) is 5.69 Å². The Morgan fingerprint density at radius 3 is 2.37 bits per heavy atom. The van der Waals surface area contributed by atoms with Crippen LogP contribution in [0.1, 0.15) is 44.4 Å². The number of hydrogen-bond donors (Lipinski definition) is 3. The summed E-state index contributed by atoms with van der Waals surface area (Å²) in [4.78, 5) is 21.4. The Kier molecular flexibility index (Phi) is 7.15. The number of ether oxygens (including phenoxy) is 1. The highest BCUT2D eigenvalue weighted by Gasteiger charge is 2.37. The van der Waals surface area contributed by atoms with E-state index in [9.17, 15) is 38.3 Å². The number of non-ortho nitro benzene ring substituents is 1. The summed E-state index contributed by atoms with van der Waals surface area (Å²) in [5, 5.41) is 33.1. The van der Waals surface area contributed by atoms with Crippen molar-refractivity contribution >= 4 is 11.8 Å². The van der Waals surface area contributed by atoms with Crippen LogP contribution in [0.15, 0.2) is 18.2 Å². The normalized spacial score (nSPS) is 14.4. The number of alkyl carbamates (subject to hydrolysis) is 1. The second-order valence-corrected chi connectivity index (χ2v) is 6.76. The van der Waals surface area contributed by atoms with E-state index < -0.39 is 51.8 Å². The van der Waals surface area contributed by atoms with E-state index in [1.165, 1.54) is 0 Å². The predicted octanol–water partition coefficient (Wildman–Crippen LogP) is 2.92. The van der Waals surface area contributed by atoms with Crippen molar-refractivity contribution in [1.82, 2.24) is 5.32 Å². The van der Waals surface area contributed by atoms with Crippen LogP contribution >= 0.6 is 0 Å². The van der Waals surface area contributed by atoms with Crippen LogP contribution in [0.4, 0.5) is 23.7 Å². The number of hydrogen-bond acceptors (Lipinski definition) is 6. The second kappa shape index (κ2) is 8.53. The molecule has 152 valence electrons. The van der Waals surface area contributed by atoms with Gasteiger partial charge in [0.15, 0.2) is 0 Å². The van der Waals surface area contributed by atoms with Crippen LogP contribution in [0.25, 0.3) is 0 Å². The Morgan fingerprint density at radius 2 is 1.89 bits per heavy atom. The van der Waals surface area contributed by atoms with Gasteiger partial charge in [-0.2, -0.15) is 13.2 Å². The molecular weight excluding hydrogens is 373 g/mol. The fourth-order valence-corrected chi connectivity index (χ4v) is 2.17. The maximum absolute atomic E-state index is 13.1. The van der Waals surface area contributed by atoms with Crippen molar-refractivity contribution in [3.63, 3.8) is 0 Å². The first-order valence-electron chi connectivity index (χ1n) is 7.91. The number of amides is 1. The number of halogens is 3. The molecule has 0 radical (unpaired) electrons. The quantitative estimate of drug-likeness (QED) is 0.504. The highest BCUT2D eigenvalue weighted by molar-refractivity contribution is 5.67. The largest absolute Gasteiger partial charge is 0.444 e. The van der Waals surface area contributed by atoms with Gasteiger partial charge >= 0.3 is 12.3 Å². The lowest BCUT2D eigenvalue weighted by Crippen LogP contribution is -2.34. The first-order chi connectivity index (χ1) is 12.2. The first kappa shape index (κ1) is 22.6. The Hall–Kier alpha value is -2.40. The zero-order valence-corrected chi connectivity index (χ0v) is 14.9. The number of aliphatic hydroxyl groups is 2. The third-order valence-corrected chi connectivity index (χ3v) is 3.34. The van der Waals surface area contributed by atoms with E-state index in [1.807, 2.05) is 0 Å². The van der Waals surface area contributed by atoms with Crippen molar-refractivity contribution in [2.45, 2.75) is 51.2 Å². The van der Waals surface area contributed by atoms with Gasteiger partial charge in [0, 0.05) is 24.2 Å². The SMILES string of the molecule is CC(C)(C)OC(=O)NCCC(O)C(O)c1cc([N+](=O)[O-])ccc1C(F)(F)F. The molecule has 3 N–H and O–H groups in total. The van der Waals surface area contributed by atoms with Crippen LogP contribution < -0.4 is 5.32 Å². The van der Waals surface area contributed by atoms with E-state index >= 15 is 0 Å². The van der Waals surface area contributed by atoms with Crippen molar-refractivity contribution in [2.75, 3.05) is 6.54 Å². The number of carbonyl (C=O) groups excluding carboxylic acids is 1. The standard InChI is InChI=1S/C16H21F3N2O6/c1-15(2,3)27-14(24)20-7-6-12(22)13(23)10-8-9(21(25)26)4-5-11(10)16(17,18)19/h4-5,8,12-13,22-23H,6-7H2,1-3H3,(H,20,24). The molecule has 1 rings (SSSR count). The molecule has 2 atom stereocenters. The van der Waals surface area contributed by atoms with Gasteiger partial charge in [-0.25, -0.2) is 4.79 Å².